The zero-order valence-corrected chi connectivity index (χ0v) is 17.2. The number of carbonyl (C=O) groups is 3. The molecule has 0 aliphatic carbocycles. The molecule has 2 aromatic rings. The number of nitrogens with zero attached hydrogens (tertiary/aromatic N) is 5. The van der Waals surface area contributed by atoms with Crippen LogP contribution in [0.15, 0.2) is 39.8 Å². The van der Waals surface area contributed by atoms with Crippen molar-refractivity contribution in [2.24, 2.45) is 4.99 Å². The van der Waals surface area contributed by atoms with Gasteiger partial charge in [0, 0.05) is 25.7 Å². The Morgan fingerprint density at radius 3 is 2.84 bits per heavy atom. The summed E-state index contributed by atoms with van der Waals surface area (Å²) in [6.45, 7) is 0.0601. The van der Waals surface area contributed by atoms with Gasteiger partial charge in [-0.3, -0.25) is 19.4 Å². The van der Waals surface area contributed by atoms with Crippen LogP contribution < -0.4 is 10.1 Å². The molecule has 11 nitrogen and oxygen atoms in total. The van der Waals surface area contributed by atoms with Crippen LogP contribution >= 0.6 is 0 Å². The third-order valence-corrected chi connectivity index (χ3v) is 5.10. The number of hydrogen-bond acceptors (Lipinski definition) is 7. The minimum atomic E-state index is -0.801. The van der Waals surface area contributed by atoms with Crippen molar-refractivity contribution in [1.82, 2.24) is 20.3 Å². The molecule has 2 aliphatic heterocycles. The molecule has 2 aliphatic rings. The number of methoxy groups -OCH3 is 1. The Hall–Kier alpha value is -4.02. The van der Waals surface area contributed by atoms with Gasteiger partial charge in [0.25, 0.3) is 30.0 Å². The van der Waals surface area contributed by atoms with Crippen LogP contribution in [0, 0.1) is 0 Å². The van der Waals surface area contributed by atoms with Crippen molar-refractivity contribution in [1.29, 1.82) is 0 Å². The first-order valence-electron chi connectivity index (χ1n) is 9.48. The highest BCUT2D eigenvalue weighted by Gasteiger charge is 2.50. The molecular weight excluding hydrogens is 404 g/mol. The number of carbonyl (C=O) groups excluding carboxylic acids is 3. The first kappa shape index (κ1) is 20.3. The molecule has 3 heterocycles. The average molecular weight is 425 g/mol. The second-order valence-corrected chi connectivity index (χ2v) is 7.11. The van der Waals surface area contributed by atoms with E-state index in [-0.39, 0.29) is 19.0 Å². The first-order chi connectivity index (χ1) is 14.9. The van der Waals surface area contributed by atoms with Crippen LogP contribution in [0.25, 0.3) is 11.3 Å². The average Bonchev–Trinajstić information content (AvgIpc) is 3.42. The van der Waals surface area contributed by atoms with Gasteiger partial charge in [-0.25, -0.2) is 9.37 Å². The molecule has 4 rings (SSSR count). The van der Waals surface area contributed by atoms with E-state index in [0.29, 0.717) is 23.0 Å². The molecular formula is C20H21N6O5+. The zero-order chi connectivity index (χ0) is 22.1. The van der Waals surface area contributed by atoms with Gasteiger partial charge < -0.3 is 14.6 Å². The number of fused-ring (bicyclic) bond motifs is 1. The molecule has 1 unspecified atom stereocenters. The molecule has 1 N–H and O–H groups in total. The zero-order valence-electron chi connectivity index (χ0n) is 17.2. The quantitative estimate of drug-likeness (QED) is 0.665. The van der Waals surface area contributed by atoms with E-state index >= 15 is 0 Å². The lowest BCUT2D eigenvalue weighted by Crippen LogP contribution is -2.62. The van der Waals surface area contributed by atoms with Gasteiger partial charge in [0.2, 0.25) is 0 Å². The van der Waals surface area contributed by atoms with Crippen molar-refractivity contribution in [3.8, 4) is 17.1 Å². The maximum atomic E-state index is 12.5. The number of likely N-dealkylation sites (N-methyl/N-ethyl adjacent to an activating group) is 2. The van der Waals surface area contributed by atoms with Crippen LogP contribution in [0.1, 0.15) is 5.69 Å². The Balaban J connectivity index is 1.36. The number of ether oxygens (including phenoxy) is 1. The van der Waals surface area contributed by atoms with E-state index in [1.165, 1.54) is 22.9 Å². The monoisotopic (exact) mass is 425 g/mol. The SMILES string of the molecule is COc1cccc(-c2cc(CNC(=O)C[N+]3=CN=C4C3C(=O)N(C)C(=O)N4C)no2)c1. The minimum Gasteiger partial charge on any atom is -0.497 e. The normalized spacial score (nSPS) is 18.0. The van der Waals surface area contributed by atoms with Gasteiger partial charge in [-0.15, -0.1) is 0 Å². The molecule has 31 heavy (non-hydrogen) atoms. The van der Waals surface area contributed by atoms with E-state index < -0.39 is 18.0 Å². The van der Waals surface area contributed by atoms with Crippen molar-refractivity contribution in [3.63, 3.8) is 0 Å². The molecule has 0 bridgehead atoms. The number of urea groups is 1. The van der Waals surface area contributed by atoms with Gasteiger partial charge in [-0.05, 0) is 17.1 Å². The van der Waals surface area contributed by atoms with Crippen molar-refractivity contribution < 1.29 is 28.2 Å². The molecule has 0 radical (unpaired) electrons. The van der Waals surface area contributed by atoms with Gasteiger partial charge in [0.15, 0.2) is 12.3 Å². The minimum absolute atomic E-state index is 0.0974. The van der Waals surface area contributed by atoms with Crippen LogP contribution in [0.2, 0.25) is 0 Å². The molecule has 1 fully saturated rings. The molecule has 0 spiro atoms. The summed E-state index contributed by atoms with van der Waals surface area (Å²) in [6.07, 6.45) is 1.40. The molecule has 0 saturated carbocycles. The highest BCUT2D eigenvalue weighted by atomic mass is 16.5. The summed E-state index contributed by atoms with van der Waals surface area (Å²) in [4.78, 5) is 43.4. The van der Waals surface area contributed by atoms with E-state index in [9.17, 15) is 14.4 Å². The summed E-state index contributed by atoms with van der Waals surface area (Å²) < 4.78 is 12.1. The number of aromatic nitrogens is 1. The number of amides is 4. The number of nitrogens with one attached hydrogen (secondary N) is 1. The molecule has 4 amide bonds. The maximum Gasteiger partial charge on any atom is 0.333 e. The Bertz CT molecular complexity index is 1120. The smallest absolute Gasteiger partial charge is 0.333 e. The van der Waals surface area contributed by atoms with E-state index in [4.69, 9.17) is 9.26 Å². The Morgan fingerprint density at radius 2 is 2.06 bits per heavy atom. The number of rotatable bonds is 6. The maximum absolute atomic E-state index is 12.5. The van der Waals surface area contributed by atoms with E-state index in [0.717, 1.165) is 10.5 Å². The molecule has 1 aromatic carbocycles. The summed E-state index contributed by atoms with van der Waals surface area (Å²) in [6, 6.07) is 7.83. The fourth-order valence-corrected chi connectivity index (χ4v) is 3.39. The fourth-order valence-electron chi connectivity index (χ4n) is 3.39. The Morgan fingerprint density at radius 1 is 1.26 bits per heavy atom. The summed E-state index contributed by atoms with van der Waals surface area (Å²) in [7, 11) is 4.53. The van der Waals surface area contributed by atoms with Crippen LogP contribution in [0.4, 0.5) is 4.79 Å². The Kier molecular flexibility index (Phi) is 5.24. The third-order valence-electron chi connectivity index (χ3n) is 5.10. The van der Waals surface area contributed by atoms with Crippen molar-refractivity contribution in [2.75, 3.05) is 27.7 Å². The van der Waals surface area contributed by atoms with E-state index in [1.54, 1.807) is 20.2 Å². The topological polar surface area (TPSA) is 120 Å². The van der Waals surface area contributed by atoms with Crippen molar-refractivity contribution in [3.05, 3.63) is 36.0 Å². The van der Waals surface area contributed by atoms with Crippen LogP contribution in [0.5, 0.6) is 5.75 Å². The molecule has 11 heteroatoms. The number of hydrogen-bond donors (Lipinski definition) is 1. The number of aliphatic imine (C=N–C) groups is 1. The lowest BCUT2D eigenvalue weighted by atomic mass is 10.1. The van der Waals surface area contributed by atoms with Crippen LogP contribution in [0.3, 0.4) is 0 Å². The summed E-state index contributed by atoms with van der Waals surface area (Å²) in [5, 5.41) is 6.73. The predicted octanol–water partition coefficient (Wildman–Crippen LogP) is 0.312. The van der Waals surface area contributed by atoms with Gasteiger partial charge in [0.05, 0.1) is 13.7 Å². The molecule has 1 atom stereocenters. The van der Waals surface area contributed by atoms with Gasteiger partial charge in [-0.1, -0.05) is 17.3 Å². The van der Waals surface area contributed by atoms with Crippen LogP contribution in [-0.4, -0.2) is 83.3 Å². The van der Waals surface area contributed by atoms with Crippen LogP contribution in [-0.2, 0) is 16.1 Å². The summed E-state index contributed by atoms with van der Waals surface area (Å²) in [5.74, 6) is 0.803. The van der Waals surface area contributed by atoms with E-state index in [1.807, 2.05) is 24.3 Å². The number of amidine groups is 1. The predicted molar refractivity (Wildman–Crippen MR) is 109 cm³/mol. The van der Waals surface area contributed by atoms with Crippen molar-refractivity contribution in [2.45, 2.75) is 12.6 Å². The lowest BCUT2D eigenvalue weighted by Gasteiger charge is -2.30. The van der Waals surface area contributed by atoms with E-state index in [2.05, 4.69) is 15.5 Å². The third kappa shape index (κ3) is 3.77. The summed E-state index contributed by atoms with van der Waals surface area (Å²) in [5.41, 5.74) is 1.35. The van der Waals surface area contributed by atoms with Gasteiger partial charge in [0.1, 0.15) is 11.4 Å². The van der Waals surface area contributed by atoms with Gasteiger partial charge in [-0.2, -0.15) is 0 Å². The van der Waals surface area contributed by atoms with Crippen molar-refractivity contribution >= 4 is 30.0 Å². The first-order valence-corrected chi connectivity index (χ1v) is 9.48. The Labute approximate surface area is 177 Å². The summed E-state index contributed by atoms with van der Waals surface area (Å²) >= 11 is 0. The second-order valence-electron chi connectivity index (χ2n) is 7.11. The highest BCUT2D eigenvalue weighted by Crippen LogP contribution is 2.24. The molecule has 160 valence electrons. The molecule has 1 aromatic heterocycles. The highest BCUT2D eigenvalue weighted by molar-refractivity contribution is 6.21. The molecule has 1 saturated heterocycles. The number of benzene rings is 1. The number of imide groups is 1. The second kappa shape index (κ2) is 8.01. The standard InChI is InChI=1S/C20H20N6O5/c1-24-18-17(19(28)25(2)20(24)29)26(11-22-18)10-16(27)21-9-13-8-15(31-23-13)12-5-4-6-14(7-12)30-3/h4-8,11,17H,9-10H2,1-3H3/p+1. The largest absolute Gasteiger partial charge is 0.497 e. The lowest BCUT2D eigenvalue weighted by molar-refractivity contribution is -0.519. The van der Waals surface area contributed by atoms with Gasteiger partial charge >= 0.3 is 6.03 Å². The fraction of sp³-hybridized carbons (Fsp3) is 0.300.